The standard InChI is InChI=1S/C12H23NO/c1-12(14)6-3-8-13(9-7-12)10-11-4-2-5-11/h11,14H,2-10H2,1H3. The fraction of sp³-hybridized carbons (Fsp3) is 1.00. The first-order valence-corrected chi connectivity index (χ1v) is 6.10. The van der Waals surface area contributed by atoms with Gasteiger partial charge >= 0.3 is 0 Å². The SMILES string of the molecule is CC1(O)CCCN(CC2CCC2)CC1. The molecule has 1 saturated heterocycles. The van der Waals surface area contributed by atoms with Crippen molar-refractivity contribution in [3.63, 3.8) is 0 Å². The summed E-state index contributed by atoms with van der Waals surface area (Å²) in [5.41, 5.74) is -0.394. The fourth-order valence-corrected chi connectivity index (χ4v) is 2.54. The van der Waals surface area contributed by atoms with Gasteiger partial charge in [-0.3, -0.25) is 0 Å². The average molecular weight is 197 g/mol. The Bertz CT molecular complexity index is 187. The van der Waals surface area contributed by atoms with Gasteiger partial charge < -0.3 is 10.0 Å². The zero-order chi connectivity index (χ0) is 10.0. The zero-order valence-corrected chi connectivity index (χ0v) is 9.34. The Labute approximate surface area is 87.3 Å². The number of aliphatic hydroxyl groups is 1. The predicted octanol–water partition coefficient (Wildman–Crippen LogP) is 2.02. The third-order valence-corrected chi connectivity index (χ3v) is 3.90. The van der Waals surface area contributed by atoms with Gasteiger partial charge in [0.25, 0.3) is 0 Å². The number of rotatable bonds is 2. The molecule has 2 heteroatoms. The van der Waals surface area contributed by atoms with Crippen LogP contribution in [0, 0.1) is 5.92 Å². The molecule has 1 heterocycles. The Morgan fingerprint density at radius 1 is 1.21 bits per heavy atom. The second kappa shape index (κ2) is 4.19. The van der Waals surface area contributed by atoms with E-state index in [1.807, 2.05) is 6.92 Å². The number of hydrogen-bond donors (Lipinski definition) is 1. The van der Waals surface area contributed by atoms with Gasteiger partial charge in [0.15, 0.2) is 0 Å². The number of hydrogen-bond acceptors (Lipinski definition) is 2. The summed E-state index contributed by atoms with van der Waals surface area (Å²) in [5, 5.41) is 9.95. The highest BCUT2D eigenvalue weighted by Gasteiger charge is 2.27. The van der Waals surface area contributed by atoms with E-state index in [0.29, 0.717) is 0 Å². The lowest BCUT2D eigenvalue weighted by atomic mass is 9.85. The maximum absolute atomic E-state index is 9.95. The van der Waals surface area contributed by atoms with Gasteiger partial charge in [-0.2, -0.15) is 0 Å². The minimum absolute atomic E-state index is 0.394. The second-order valence-electron chi connectivity index (χ2n) is 5.45. The van der Waals surface area contributed by atoms with Crippen molar-refractivity contribution in [2.24, 2.45) is 5.92 Å². The van der Waals surface area contributed by atoms with E-state index in [-0.39, 0.29) is 0 Å². The summed E-state index contributed by atoms with van der Waals surface area (Å²) in [4.78, 5) is 2.56. The fourth-order valence-electron chi connectivity index (χ4n) is 2.54. The molecule has 1 saturated carbocycles. The van der Waals surface area contributed by atoms with Crippen LogP contribution in [0.25, 0.3) is 0 Å². The number of nitrogens with zero attached hydrogens (tertiary/aromatic N) is 1. The van der Waals surface area contributed by atoms with Crippen molar-refractivity contribution in [1.29, 1.82) is 0 Å². The second-order valence-corrected chi connectivity index (χ2v) is 5.45. The smallest absolute Gasteiger partial charge is 0.0632 e. The van der Waals surface area contributed by atoms with Crippen LogP contribution in [0.5, 0.6) is 0 Å². The molecule has 2 nitrogen and oxygen atoms in total. The van der Waals surface area contributed by atoms with Crippen LogP contribution in [-0.4, -0.2) is 35.2 Å². The van der Waals surface area contributed by atoms with Gasteiger partial charge in [0, 0.05) is 13.1 Å². The Kier molecular flexibility index (Phi) is 3.13. The van der Waals surface area contributed by atoms with Crippen molar-refractivity contribution in [3.8, 4) is 0 Å². The molecule has 0 aromatic heterocycles. The molecule has 2 aliphatic rings. The third kappa shape index (κ3) is 2.71. The molecule has 0 amide bonds. The predicted molar refractivity (Wildman–Crippen MR) is 58.3 cm³/mol. The highest BCUT2D eigenvalue weighted by molar-refractivity contribution is 4.81. The quantitative estimate of drug-likeness (QED) is 0.732. The van der Waals surface area contributed by atoms with Crippen LogP contribution in [0.1, 0.15) is 45.4 Å². The lowest BCUT2D eigenvalue weighted by molar-refractivity contribution is 0.0435. The molecule has 2 rings (SSSR count). The number of likely N-dealkylation sites (tertiary alicyclic amines) is 1. The molecule has 1 aliphatic carbocycles. The van der Waals surface area contributed by atoms with E-state index in [2.05, 4.69) is 4.90 Å². The first-order chi connectivity index (χ1) is 6.66. The molecular formula is C12H23NO. The van der Waals surface area contributed by atoms with Gasteiger partial charge in [-0.25, -0.2) is 0 Å². The summed E-state index contributed by atoms with van der Waals surface area (Å²) in [6.07, 6.45) is 7.42. The summed E-state index contributed by atoms with van der Waals surface area (Å²) in [6, 6.07) is 0. The lowest BCUT2D eigenvalue weighted by Crippen LogP contribution is -2.34. The minimum atomic E-state index is -0.394. The van der Waals surface area contributed by atoms with Gasteiger partial charge in [0.05, 0.1) is 5.60 Å². The lowest BCUT2D eigenvalue weighted by Gasteiger charge is -2.31. The monoisotopic (exact) mass is 197 g/mol. The third-order valence-electron chi connectivity index (χ3n) is 3.90. The summed E-state index contributed by atoms with van der Waals surface area (Å²) >= 11 is 0. The summed E-state index contributed by atoms with van der Waals surface area (Å²) < 4.78 is 0. The summed E-state index contributed by atoms with van der Waals surface area (Å²) in [6.45, 7) is 5.58. The molecule has 0 aromatic carbocycles. The highest BCUT2D eigenvalue weighted by Crippen LogP contribution is 2.29. The van der Waals surface area contributed by atoms with Gasteiger partial charge in [-0.15, -0.1) is 0 Å². The molecule has 82 valence electrons. The molecule has 1 aliphatic heterocycles. The largest absolute Gasteiger partial charge is 0.390 e. The van der Waals surface area contributed by atoms with Crippen LogP contribution in [-0.2, 0) is 0 Å². The maximum atomic E-state index is 9.95. The average Bonchev–Trinajstić information content (AvgIpc) is 2.20. The van der Waals surface area contributed by atoms with E-state index in [9.17, 15) is 5.11 Å². The van der Waals surface area contributed by atoms with Gasteiger partial charge in [0.2, 0.25) is 0 Å². The first kappa shape index (κ1) is 10.4. The van der Waals surface area contributed by atoms with E-state index in [1.165, 1.54) is 38.8 Å². The van der Waals surface area contributed by atoms with Gasteiger partial charge in [-0.05, 0) is 51.5 Å². The molecule has 1 atom stereocenters. The van der Waals surface area contributed by atoms with Crippen molar-refractivity contribution in [3.05, 3.63) is 0 Å². The summed E-state index contributed by atoms with van der Waals surface area (Å²) in [7, 11) is 0. The first-order valence-electron chi connectivity index (χ1n) is 6.10. The molecule has 14 heavy (non-hydrogen) atoms. The van der Waals surface area contributed by atoms with E-state index >= 15 is 0 Å². The molecule has 0 spiro atoms. The van der Waals surface area contributed by atoms with Crippen LogP contribution in [0.15, 0.2) is 0 Å². The van der Waals surface area contributed by atoms with Gasteiger partial charge in [-0.1, -0.05) is 6.42 Å². The van der Waals surface area contributed by atoms with Crippen LogP contribution in [0.3, 0.4) is 0 Å². The Morgan fingerprint density at radius 3 is 2.64 bits per heavy atom. The molecule has 0 bridgehead atoms. The van der Waals surface area contributed by atoms with Crippen molar-refractivity contribution in [1.82, 2.24) is 4.90 Å². The highest BCUT2D eigenvalue weighted by atomic mass is 16.3. The van der Waals surface area contributed by atoms with Crippen LogP contribution < -0.4 is 0 Å². The molecule has 0 aromatic rings. The molecule has 1 N–H and O–H groups in total. The molecule has 0 radical (unpaired) electrons. The Balaban J connectivity index is 1.76. The Hall–Kier alpha value is -0.0800. The van der Waals surface area contributed by atoms with E-state index in [4.69, 9.17) is 0 Å². The minimum Gasteiger partial charge on any atom is -0.390 e. The van der Waals surface area contributed by atoms with E-state index in [1.54, 1.807) is 0 Å². The maximum Gasteiger partial charge on any atom is 0.0632 e. The van der Waals surface area contributed by atoms with Gasteiger partial charge in [0.1, 0.15) is 0 Å². The van der Waals surface area contributed by atoms with E-state index < -0.39 is 5.60 Å². The van der Waals surface area contributed by atoms with Crippen molar-refractivity contribution < 1.29 is 5.11 Å². The Morgan fingerprint density at radius 2 is 2.00 bits per heavy atom. The summed E-state index contributed by atoms with van der Waals surface area (Å²) in [5.74, 6) is 0.970. The molecule has 1 unspecified atom stereocenters. The van der Waals surface area contributed by atoms with Crippen molar-refractivity contribution >= 4 is 0 Å². The normalized spacial score (nSPS) is 36.4. The van der Waals surface area contributed by atoms with E-state index in [0.717, 1.165) is 25.3 Å². The zero-order valence-electron chi connectivity index (χ0n) is 9.34. The molecular weight excluding hydrogens is 174 g/mol. The topological polar surface area (TPSA) is 23.5 Å². The van der Waals surface area contributed by atoms with Crippen LogP contribution in [0.4, 0.5) is 0 Å². The molecule has 2 fully saturated rings. The van der Waals surface area contributed by atoms with Crippen molar-refractivity contribution in [2.75, 3.05) is 19.6 Å². The van der Waals surface area contributed by atoms with Crippen molar-refractivity contribution in [2.45, 2.75) is 51.0 Å². The van der Waals surface area contributed by atoms with Crippen LogP contribution >= 0.6 is 0 Å². The van der Waals surface area contributed by atoms with Crippen LogP contribution in [0.2, 0.25) is 0 Å².